The van der Waals surface area contributed by atoms with Gasteiger partial charge in [-0.2, -0.15) is 5.10 Å². The average Bonchev–Trinajstić information content (AvgIpc) is 2.81. The standard InChI is InChI=1S/C26H22N2O3S/c1-2-19-8-14-23(15-9-19)25-24(22-12-10-21(11-13-22)18-32(30)31)16-27-28(26(25)29)17-20-6-4-3-5-7-20/h2-16H,1,17-18H2,(H,30,31)/p-1. The SMILES string of the molecule is C=Cc1ccc(-c2c(-c3ccc(CS(=O)[O-])cc3)cnn(Cc3ccccc3)c2=O)cc1. The first kappa shape index (κ1) is 21.6. The van der Waals surface area contributed by atoms with Crippen LogP contribution in [0.5, 0.6) is 0 Å². The third kappa shape index (κ3) is 4.82. The molecule has 3 aromatic carbocycles. The summed E-state index contributed by atoms with van der Waals surface area (Å²) in [5.41, 5.74) is 5.26. The predicted molar refractivity (Wildman–Crippen MR) is 128 cm³/mol. The van der Waals surface area contributed by atoms with Crippen LogP contribution >= 0.6 is 0 Å². The molecule has 0 amide bonds. The third-order valence-electron chi connectivity index (χ3n) is 5.20. The van der Waals surface area contributed by atoms with Crippen LogP contribution in [0.1, 0.15) is 16.7 Å². The van der Waals surface area contributed by atoms with Gasteiger partial charge in [0, 0.05) is 11.3 Å². The van der Waals surface area contributed by atoms with Crippen molar-refractivity contribution in [2.24, 2.45) is 0 Å². The molecule has 1 unspecified atom stereocenters. The molecule has 1 heterocycles. The summed E-state index contributed by atoms with van der Waals surface area (Å²) in [6.45, 7) is 4.15. The molecule has 32 heavy (non-hydrogen) atoms. The van der Waals surface area contributed by atoms with E-state index in [4.69, 9.17) is 0 Å². The van der Waals surface area contributed by atoms with Crippen molar-refractivity contribution in [2.45, 2.75) is 12.3 Å². The van der Waals surface area contributed by atoms with Crippen molar-refractivity contribution < 1.29 is 8.76 Å². The van der Waals surface area contributed by atoms with Gasteiger partial charge in [0.2, 0.25) is 0 Å². The lowest BCUT2D eigenvalue weighted by atomic mass is 9.96. The van der Waals surface area contributed by atoms with Gasteiger partial charge in [0.1, 0.15) is 0 Å². The highest BCUT2D eigenvalue weighted by atomic mass is 32.2. The van der Waals surface area contributed by atoms with Gasteiger partial charge in [-0.15, -0.1) is 0 Å². The highest BCUT2D eigenvalue weighted by Crippen LogP contribution is 2.29. The lowest BCUT2D eigenvalue weighted by Gasteiger charge is -2.14. The Morgan fingerprint density at radius 1 is 0.906 bits per heavy atom. The van der Waals surface area contributed by atoms with Crippen molar-refractivity contribution in [3.05, 3.63) is 119 Å². The van der Waals surface area contributed by atoms with Crippen molar-refractivity contribution in [1.29, 1.82) is 0 Å². The van der Waals surface area contributed by atoms with Gasteiger partial charge in [-0.05, 0) is 27.8 Å². The van der Waals surface area contributed by atoms with Crippen LogP contribution in [0, 0.1) is 0 Å². The van der Waals surface area contributed by atoms with Crippen LogP contribution in [0.3, 0.4) is 0 Å². The zero-order valence-electron chi connectivity index (χ0n) is 17.3. The van der Waals surface area contributed by atoms with E-state index in [1.807, 2.05) is 66.7 Å². The summed E-state index contributed by atoms with van der Waals surface area (Å²) in [7, 11) is 0. The zero-order chi connectivity index (χ0) is 22.5. The molecular formula is C26H21N2O3S-. The van der Waals surface area contributed by atoms with Crippen molar-refractivity contribution in [2.75, 3.05) is 0 Å². The fourth-order valence-electron chi connectivity index (χ4n) is 3.56. The highest BCUT2D eigenvalue weighted by molar-refractivity contribution is 7.78. The number of rotatable bonds is 7. The van der Waals surface area contributed by atoms with E-state index in [1.54, 1.807) is 24.4 Å². The molecule has 0 N–H and O–H groups in total. The molecule has 0 saturated heterocycles. The summed E-state index contributed by atoms with van der Waals surface area (Å²) >= 11 is -2.16. The Balaban J connectivity index is 1.83. The lowest BCUT2D eigenvalue weighted by molar-refractivity contribution is 0.536. The second-order valence-corrected chi connectivity index (χ2v) is 8.25. The van der Waals surface area contributed by atoms with Crippen LogP contribution < -0.4 is 5.56 Å². The Labute approximate surface area is 189 Å². The fraction of sp³-hybridized carbons (Fsp3) is 0.0769. The minimum absolute atomic E-state index is 0.0485. The van der Waals surface area contributed by atoms with Crippen molar-refractivity contribution in [3.8, 4) is 22.3 Å². The first-order chi connectivity index (χ1) is 15.5. The summed E-state index contributed by atoms with van der Waals surface area (Å²) in [6.07, 6.45) is 3.45. The minimum Gasteiger partial charge on any atom is -0.772 e. The van der Waals surface area contributed by atoms with Gasteiger partial charge in [-0.25, -0.2) is 4.68 Å². The van der Waals surface area contributed by atoms with E-state index in [2.05, 4.69) is 11.7 Å². The molecule has 0 aliphatic heterocycles. The second-order valence-electron chi connectivity index (χ2n) is 7.35. The maximum Gasteiger partial charge on any atom is 0.275 e. The van der Waals surface area contributed by atoms with Crippen LogP contribution in [0.25, 0.3) is 28.3 Å². The predicted octanol–water partition coefficient (Wildman–Crippen LogP) is 4.65. The molecule has 0 fully saturated rings. The summed E-state index contributed by atoms with van der Waals surface area (Å²) in [5, 5.41) is 4.43. The Hall–Kier alpha value is -3.61. The van der Waals surface area contributed by atoms with Crippen molar-refractivity contribution in [3.63, 3.8) is 0 Å². The second kappa shape index (κ2) is 9.68. The molecule has 1 atom stereocenters. The van der Waals surface area contributed by atoms with E-state index in [1.165, 1.54) is 4.68 Å². The summed E-state index contributed by atoms with van der Waals surface area (Å²) in [5.74, 6) is -0.0485. The smallest absolute Gasteiger partial charge is 0.275 e. The van der Waals surface area contributed by atoms with E-state index in [-0.39, 0.29) is 11.3 Å². The summed E-state index contributed by atoms with van der Waals surface area (Å²) < 4.78 is 23.4. The van der Waals surface area contributed by atoms with Crippen molar-refractivity contribution in [1.82, 2.24) is 9.78 Å². The van der Waals surface area contributed by atoms with E-state index in [0.29, 0.717) is 23.2 Å². The first-order valence-electron chi connectivity index (χ1n) is 10.1. The normalized spacial score (nSPS) is 11.8. The van der Waals surface area contributed by atoms with Gasteiger partial charge in [-0.1, -0.05) is 103 Å². The maximum atomic E-state index is 13.5. The summed E-state index contributed by atoms with van der Waals surface area (Å²) in [6, 6.07) is 24.5. The molecule has 4 aromatic rings. The highest BCUT2D eigenvalue weighted by Gasteiger charge is 2.15. The molecule has 0 spiro atoms. The van der Waals surface area contributed by atoms with E-state index < -0.39 is 11.1 Å². The van der Waals surface area contributed by atoms with Crippen LogP contribution in [0.4, 0.5) is 0 Å². The molecular weight excluding hydrogens is 420 g/mol. The Morgan fingerprint density at radius 2 is 1.56 bits per heavy atom. The fourth-order valence-corrected chi connectivity index (χ4v) is 4.02. The molecule has 160 valence electrons. The number of benzene rings is 3. The molecule has 5 nitrogen and oxygen atoms in total. The largest absolute Gasteiger partial charge is 0.772 e. The molecule has 0 saturated carbocycles. The monoisotopic (exact) mass is 441 g/mol. The number of nitrogens with zero attached hydrogens (tertiary/aromatic N) is 2. The summed E-state index contributed by atoms with van der Waals surface area (Å²) in [4.78, 5) is 13.5. The molecule has 6 heteroatoms. The molecule has 4 rings (SSSR count). The Bertz CT molecular complexity index is 1310. The van der Waals surface area contributed by atoms with E-state index in [9.17, 15) is 13.6 Å². The molecule has 0 bridgehead atoms. The minimum atomic E-state index is -2.16. The average molecular weight is 442 g/mol. The van der Waals surface area contributed by atoms with Crippen LogP contribution in [-0.4, -0.2) is 18.5 Å². The van der Waals surface area contributed by atoms with Gasteiger partial charge in [0.05, 0.1) is 18.3 Å². The zero-order valence-corrected chi connectivity index (χ0v) is 18.1. The molecule has 0 aliphatic rings. The van der Waals surface area contributed by atoms with Gasteiger partial charge in [0.25, 0.3) is 5.56 Å². The van der Waals surface area contributed by atoms with Crippen LogP contribution in [-0.2, 0) is 23.4 Å². The number of hydrogen-bond donors (Lipinski definition) is 0. The lowest BCUT2D eigenvalue weighted by Crippen LogP contribution is -2.25. The van der Waals surface area contributed by atoms with Gasteiger partial charge < -0.3 is 4.55 Å². The number of aromatic nitrogens is 2. The third-order valence-corrected chi connectivity index (χ3v) is 5.77. The molecule has 0 aliphatic carbocycles. The van der Waals surface area contributed by atoms with Gasteiger partial charge in [-0.3, -0.25) is 9.00 Å². The van der Waals surface area contributed by atoms with E-state index in [0.717, 1.165) is 22.3 Å². The quantitative estimate of drug-likeness (QED) is 0.391. The Morgan fingerprint density at radius 3 is 2.19 bits per heavy atom. The van der Waals surface area contributed by atoms with Gasteiger partial charge in [0.15, 0.2) is 0 Å². The maximum absolute atomic E-state index is 13.5. The van der Waals surface area contributed by atoms with Crippen molar-refractivity contribution >= 4 is 17.2 Å². The molecule has 0 radical (unpaired) electrons. The van der Waals surface area contributed by atoms with Crippen LogP contribution in [0.2, 0.25) is 0 Å². The molecule has 1 aromatic heterocycles. The topological polar surface area (TPSA) is 75.0 Å². The van der Waals surface area contributed by atoms with E-state index >= 15 is 0 Å². The number of hydrogen-bond acceptors (Lipinski definition) is 4. The first-order valence-corrected chi connectivity index (χ1v) is 11.3. The Kier molecular flexibility index (Phi) is 6.54. The van der Waals surface area contributed by atoms with Gasteiger partial charge >= 0.3 is 0 Å². The van der Waals surface area contributed by atoms with Crippen LogP contribution in [0.15, 0.2) is 96.4 Å².